The lowest BCUT2D eigenvalue weighted by Gasteiger charge is -2.19. The Morgan fingerprint density at radius 2 is 1.73 bits per heavy atom. The fourth-order valence-corrected chi connectivity index (χ4v) is 7.86. The van der Waals surface area contributed by atoms with E-state index in [2.05, 4.69) is 9.71 Å². The molecule has 1 aromatic heterocycles. The van der Waals surface area contributed by atoms with E-state index in [4.69, 9.17) is 4.42 Å². The lowest BCUT2D eigenvalue weighted by atomic mass is 10.1. The summed E-state index contributed by atoms with van der Waals surface area (Å²) in [5.41, 5.74) is 1.10. The average Bonchev–Trinajstić information content (AvgIpc) is 3.42. The van der Waals surface area contributed by atoms with Gasteiger partial charge in [0.15, 0.2) is 5.82 Å². The number of furan rings is 1. The van der Waals surface area contributed by atoms with Crippen LogP contribution in [0.3, 0.4) is 0 Å². The smallest absolute Gasteiger partial charge is 0.453 e. The number of para-hydroxylation sites is 1. The van der Waals surface area contributed by atoms with Crippen molar-refractivity contribution >= 4 is 60.9 Å². The van der Waals surface area contributed by atoms with Gasteiger partial charge in [0.05, 0.1) is 9.10 Å². The molecule has 0 bridgehead atoms. The Labute approximate surface area is 238 Å². The Kier molecular flexibility index (Phi) is 7.57. The summed E-state index contributed by atoms with van der Waals surface area (Å²) in [5, 5.41) is 1.32. The normalized spacial score (nSPS) is 13.0. The van der Waals surface area contributed by atoms with E-state index in [1.165, 1.54) is 34.1 Å². The molecule has 0 fully saturated rings. The van der Waals surface area contributed by atoms with Crippen molar-refractivity contribution in [3.63, 3.8) is 0 Å². The molecule has 0 radical (unpaired) electrons. The first-order valence-corrected chi connectivity index (χ1v) is 15.5. The molecule has 0 amide bonds. The predicted molar refractivity (Wildman–Crippen MR) is 148 cm³/mol. The van der Waals surface area contributed by atoms with Gasteiger partial charge >= 0.3 is 17.8 Å². The molecule has 5 rings (SSSR count). The zero-order valence-corrected chi connectivity index (χ0v) is 24.0. The molecule has 1 N–H and O–H groups in total. The zero-order chi connectivity index (χ0) is 29.7. The van der Waals surface area contributed by atoms with Crippen molar-refractivity contribution in [3.05, 3.63) is 63.5 Å². The number of alkyl halides is 5. The van der Waals surface area contributed by atoms with Crippen molar-refractivity contribution in [2.75, 3.05) is 10.5 Å². The van der Waals surface area contributed by atoms with E-state index >= 15 is 0 Å². The minimum atomic E-state index is -5.61. The Hall–Kier alpha value is -3.17. The van der Waals surface area contributed by atoms with Gasteiger partial charge in [-0.05, 0) is 56.7 Å². The van der Waals surface area contributed by atoms with Crippen molar-refractivity contribution in [1.29, 1.82) is 0 Å². The molecule has 41 heavy (non-hydrogen) atoms. The monoisotopic (exact) mass is 631 g/mol. The molecule has 2 aliphatic rings. The summed E-state index contributed by atoms with van der Waals surface area (Å²) in [7, 11) is -4.23. The third kappa shape index (κ3) is 5.54. The molecular weight excluding hydrogens is 609 g/mol. The Morgan fingerprint density at radius 3 is 2.46 bits per heavy atom. The highest BCUT2D eigenvalue weighted by molar-refractivity contribution is 8.01. The summed E-state index contributed by atoms with van der Waals surface area (Å²) < 4.78 is 101. The molecule has 3 aromatic rings. The minimum absolute atomic E-state index is 0.0419. The summed E-state index contributed by atoms with van der Waals surface area (Å²) in [6, 6.07) is 11.5. The van der Waals surface area contributed by atoms with Crippen LogP contribution < -0.4 is 10.4 Å². The van der Waals surface area contributed by atoms with Gasteiger partial charge < -0.3 is 4.42 Å². The molecule has 0 atom stereocenters. The number of aromatic nitrogens is 2. The fraction of sp³-hybridized carbons (Fsp3) is 0.308. The Morgan fingerprint density at radius 1 is 1.02 bits per heavy atom. The second-order valence-electron chi connectivity index (χ2n) is 9.33. The van der Waals surface area contributed by atoms with Gasteiger partial charge in [-0.3, -0.25) is 9.29 Å². The second kappa shape index (κ2) is 10.6. The minimum Gasteiger partial charge on any atom is -0.456 e. The van der Waals surface area contributed by atoms with Gasteiger partial charge in [0, 0.05) is 27.8 Å². The fourth-order valence-electron chi connectivity index (χ4n) is 4.30. The highest BCUT2D eigenvalue weighted by Crippen LogP contribution is 2.41. The van der Waals surface area contributed by atoms with Gasteiger partial charge in [0.2, 0.25) is 0 Å². The molecule has 0 saturated heterocycles. The molecular formula is C26H22F5N3O4S3. The van der Waals surface area contributed by atoms with E-state index in [0.717, 1.165) is 22.0 Å². The predicted octanol–water partition coefficient (Wildman–Crippen LogP) is 7.51. The molecule has 2 aromatic carbocycles. The number of rotatable bonds is 9. The molecule has 0 saturated carbocycles. The maximum atomic E-state index is 13.4. The summed E-state index contributed by atoms with van der Waals surface area (Å²) >= 11 is 2.37. The third-order valence-electron chi connectivity index (χ3n) is 6.55. The number of fused-ring (bicyclic) bond motifs is 4. The first-order valence-electron chi connectivity index (χ1n) is 12.2. The van der Waals surface area contributed by atoms with Gasteiger partial charge in [0.25, 0.3) is 10.0 Å². The number of nitrogens with one attached hydrogen (secondary N) is 1. The molecule has 0 spiro atoms. The number of hydrogen-bond acceptors (Lipinski definition) is 7. The van der Waals surface area contributed by atoms with Crippen LogP contribution in [0.15, 0.2) is 60.8 Å². The number of aryl methyl sites for hydroxylation is 1. The first-order chi connectivity index (χ1) is 19.2. The summed E-state index contributed by atoms with van der Waals surface area (Å²) in [6.45, 7) is 3.42. The third-order valence-corrected chi connectivity index (χ3v) is 10.4. The van der Waals surface area contributed by atoms with E-state index in [9.17, 15) is 35.2 Å². The molecule has 0 aliphatic carbocycles. The molecule has 7 nitrogen and oxygen atoms in total. The van der Waals surface area contributed by atoms with Crippen LogP contribution in [-0.2, 0) is 10.0 Å². The maximum Gasteiger partial charge on any atom is 0.453 e. The maximum absolute atomic E-state index is 13.4. The highest BCUT2D eigenvalue weighted by atomic mass is 32.2. The van der Waals surface area contributed by atoms with E-state index < -0.39 is 34.2 Å². The van der Waals surface area contributed by atoms with Gasteiger partial charge in [0.1, 0.15) is 16.9 Å². The standard InChI is InChI=1S/C26H22F5N3O4S3/c1-14-15(2)40-23(39-12-6-5-11-25(27,28)26(29,30)31)21-22(32-24(35)34(14)21)33-41(36,37)16-9-10-20-18(13-16)17-7-3-4-8-19(17)38-20/h3-4,7-10,13H,5-6,11-12H2,1-2H3,(H,32,33,35). The molecule has 2 aliphatic heterocycles. The number of halogens is 5. The van der Waals surface area contributed by atoms with Crippen LogP contribution in [0.2, 0.25) is 0 Å². The molecule has 3 heterocycles. The van der Waals surface area contributed by atoms with Crippen molar-refractivity contribution in [2.45, 2.75) is 54.3 Å². The first kappa shape index (κ1) is 29.3. The lowest BCUT2D eigenvalue weighted by Crippen LogP contribution is -2.36. The van der Waals surface area contributed by atoms with Gasteiger partial charge in [-0.1, -0.05) is 18.2 Å². The number of benzene rings is 2. The van der Waals surface area contributed by atoms with E-state index in [-0.39, 0.29) is 35.0 Å². The molecule has 0 unspecified atom stereocenters. The van der Waals surface area contributed by atoms with Crippen LogP contribution in [0.25, 0.3) is 27.6 Å². The quantitative estimate of drug-likeness (QED) is 0.103. The lowest BCUT2D eigenvalue weighted by molar-refractivity contribution is -0.284. The van der Waals surface area contributed by atoms with Crippen molar-refractivity contribution in [3.8, 4) is 5.69 Å². The average molecular weight is 632 g/mol. The number of hydrogen-bond donors (Lipinski definition) is 1. The van der Waals surface area contributed by atoms with Crippen LogP contribution in [0, 0.1) is 13.8 Å². The number of sulfonamides is 1. The van der Waals surface area contributed by atoms with Gasteiger partial charge in [-0.25, -0.2) is 13.2 Å². The van der Waals surface area contributed by atoms with Crippen LogP contribution in [0.1, 0.15) is 29.8 Å². The number of anilines is 1. The number of imidazole rings is 1. The Balaban J connectivity index is 1.43. The van der Waals surface area contributed by atoms with E-state index in [1.54, 1.807) is 38.1 Å². The van der Waals surface area contributed by atoms with Gasteiger partial charge in [-0.2, -0.15) is 26.9 Å². The zero-order valence-electron chi connectivity index (χ0n) is 21.5. The number of unbranched alkanes of at least 4 members (excludes halogenated alkanes) is 1. The van der Waals surface area contributed by atoms with Crippen molar-refractivity contribution < 1.29 is 34.8 Å². The van der Waals surface area contributed by atoms with Crippen LogP contribution >= 0.6 is 23.1 Å². The number of nitrogens with zero attached hydrogens (tertiary/aromatic N) is 2. The largest absolute Gasteiger partial charge is 0.456 e. The molecule has 218 valence electrons. The van der Waals surface area contributed by atoms with Crippen LogP contribution in [0.4, 0.5) is 27.8 Å². The SMILES string of the molecule is Cc1sc(SCCCCC(F)(F)C(F)(F)F)c2c(NS(=O)(=O)c3ccc4oc5ccccc5c4c3)nc(=O)n-2c1C. The van der Waals surface area contributed by atoms with Gasteiger partial charge in [-0.15, -0.1) is 23.1 Å². The molecule has 15 heteroatoms. The van der Waals surface area contributed by atoms with E-state index in [0.29, 0.717) is 26.5 Å². The topological polar surface area (TPSA) is 94.2 Å². The second-order valence-corrected chi connectivity index (χ2v) is 13.6. The van der Waals surface area contributed by atoms with Crippen LogP contribution in [-0.4, -0.2) is 35.8 Å². The van der Waals surface area contributed by atoms with E-state index in [1.807, 2.05) is 0 Å². The Bertz CT molecular complexity index is 1890. The summed E-state index contributed by atoms with van der Waals surface area (Å²) in [6.07, 6.45) is -7.27. The van der Waals surface area contributed by atoms with Crippen molar-refractivity contribution in [1.82, 2.24) is 9.55 Å². The summed E-state index contributed by atoms with van der Waals surface area (Å²) in [4.78, 5) is 17.4. The highest BCUT2D eigenvalue weighted by Gasteiger charge is 2.56. The number of thioether (sulfide) groups is 1. The van der Waals surface area contributed by atoms with Crippen LogP contribution in [0.5, 0.6) is 0 Å². The summed E-state index contributed by atoms with van der Waals surface area (Å²) in [5.74, 6) is -4.82. The van der Waals surface area contributed by atoms with Crippen molar-refractivity contribution in [2.24, 2.45) is 0 Å².